The van der Waals surface area contributed by atoms with Gasteiger partial charge in [-0.1, -0.05) is 37.6 Å². The van der Waals surface area contributed by atoms with Crippen molar-refractivity contribution < 1.29 is 19.1 Å². The molecule has 0 unspecified atom stereocenters. The van der Waals surface area contributed by atoms with Gasteiger partial charge in [0.25, 0.3) is 0 Å². The van der Waals surface area contributed by atoms with E-state index in [9.17, 15) is 14.4 Å². The second-order valence-electron chi connectivity index (χ2n) is 5.74. The van der Waals surface area contributed by atoms with Gasteiger partial charge in [0.05, 0.1) is 12.5 Å². The Morgan fingerprint density at radius 2 is 1.84 bits per heavy atom. The Morgan fingerprint density at radius 3 is 2.36 bits per heavy atom. The van der Waals surface area contributed by atoms with Crippen molar-refractivity contribution in [2.75, 3.05) is 6.61 Å². The van der Waals surface area contributed by atoms with Crippen molar-refractivity contribution in [3.05, 3.63) is 35.4 Å². The Bertz CT molecular complexity index is 686. The van der Waals surface area contributed by atoms with Crippen LogP contribution >= 0.6 is 0 Å². The lowest BCUT2D eigenvalue weighted by Gasteiger charge is -2.07. The third kappa shape index (κ3) is 6.68. The largest absolute Gasteiger partial charge is 0.458 e. The number of Topliss-reactive ketones (excluding diaryl/α,β-unsaturated/α-hetero) is 2. The number of carbonyl (C=O) groups excluding carboxylic acids is 3. The molecule has 0 aliphatic heterocycles. The van der Waals surface area contributed by atoms with E-state index < -0.39 is 24.3 Å². The summed E-state index contributed by atoms with van der Waals surface area (Å²) >= 11 is 0. The predicted octanol–water partition coefficient (Wildman–Crippen LogP) is 2.89. The van der Waals surface area contributed by atoms with Gasteiger partial charge in [0.15, 0.2) is 18.2 Å². The fourth-order valence-electron chi connectivity index (χ4n) is 2.22. The maximum atomic E-state index is 12.1. The zero-order valence-corrected chi connectivity index (χ0v) is 14.5. The Morgan fingerprint density at radius 1 is 1.20 bits per heavy atom. The topological polar surface area (TPSA) is 108 Å². The van der Waals surface area contributed by atoms with E-state index in [2.05, 4.69) is 6.92 Å². The molecule has 0 aliphatic rings. The van der Waals surface area contributed by atoms with E-state index in [0.29, 0.717) is 5.56 Å². The smallest absolute Gasteiger partial charge is 0.306 e. The van der Waals surface area contributed by atoms with E-state index in [1.54, 1.807) is 18.2 Å². The summed E-state index contributed by atoms with van der Waals surface area (Å²) in [6.45, 7) is 2.86. The van der Waals surface area contributed by atoms with Crippen LogP contribution in [0.5, 0.6) is 0 Å². The Hall–Kier alpha value is -2.81. The van der Waals surface area contributed by atoms with Crippen LogP contribution in [-0.2, 0) is 20.7 Å². The second-order valence-corrected chi connectivity index (χ2v) is 5.74. The molecule has 0 heterocycles. The van der Waals surface area contributed by atoms with Crippen LogP contribution in [0.3, 0.4) is 0 Å². The zero-order chi connectivity index (χ0) is 18.8. The molecular formula is C19H22N2O4. The van der Waals surface area contributed by atoms with E-state index >= 15 is 0 Å². The number of nitrogens with one attached hydrogen (secondary N) is 1. The van der Waals surface area contributed by atoms with Crippen molar-refractivity contribution >= 4 is 23.2 Å². The first-order chi connectivity index (χ1) is 11.9. The van der Waals surface area contributed by atoms with Crippen LogP contribution < -0.4 is 0 Å². The molecule has 1 N–H and O–H groups in total. The second kappa shape index (κ2) is 10.1. The monoisotopic (exact) mass is 342 g/mol. The molecule has 1 aromatic rings. The number of ether oxygens (including phenoxy) is 1. The number of rotatable bonds is 10. The molecule has 0 saturated carbocycles. The van der Waals surface area contributed by atoms with Gasteiger partial charge in [-0.15, -0.1) is 0 Å². The molecule has 6 heteroatoms. The quantitative estimate of drug-likeness (QED) is 0.399. The van der Waals surface area contributed by atoms with Gasteiger partial charge < -0.3 is 10.1 Å². The fourth-order valence-corrected chi connectivity index (χ4v) is 2.22. The van der Waals surface area contributed by atoms with Crippen molar-refractivity contribution in [3.63, 3.8) is 0 Å². The number of nitriles is 1. The average Bonchev–Trinajstić information content (AvgIpc) is 2.59. The highest BCUT2D eigenvalue weighted by atomic mass is 16.5. The van der Waals surface area contributed by atoms with Gasteiger partial charge >= 0.3 is 5.97 Å². The van der Waals surface area contributed by atoms with Crippen molar-refractivity contribution in [2.45, 2.75) is 39.5 Å². The molecule has 1 rings (SSSR count). The minimum absolute atomic E-state index is 0.00851. The summed E-state index contributed by atoms with van der Waals surface area (Å²) in [7, 11) is 0. The molecule has 0 amide bonds. The first kappa shape index (κ1) is 20.2. The SMILES string of the molecule is CCCc1ccc(C(=O)CCC(=O)OCC(=O)[C@@H](C#N)C(C)=N)cc1. The summed E-state index contributed by atoms with van der Waals surface area (Å²) in [6, 6.07) is 8.97. The number of ketones is 2. The lowest BCUT2D eigenvalue weighted by molar-refractivity contribution is -0.148. The molecule has 0 bridgehead atoms. The summed E-state index contributed by atoms with van der Waals surface area (Å²) < 4.78 is 4.79. The molecule has 6 nitrogen and oxygen atoms in total. The number of aryl methyl sites for hydroxylation is 1. The lowest BCUT2D eigenvalue weighted by atomic mass is 10.0. The number of esters is 1. The van der Waals surface area contributed by atoms with Crippen molar-refractivity contribution in [1.82, 2.24) is 0 Å². The zero-order valence-electron chi connectivity index (χ0n) is 14.5. The molecule has 0 spiro atoms. The molecule has 132 valence electrons. The molecular weight excluding hydrogens is 320 g/mol. The van der Waals surface area contributed by atoms with E-state index in [0.717, 1.165) is 18.4 Å². The van der Waals surface area contributed by atoms with E-state index in [-0.39, 0.29) is 24.3 Å². The molecule has 0 radical (unpaired) electrons. The van der Waals surface area contributed by atoms with Crippen LogP contribution in [0.25, 0.3) is 0 Å². The van der Waals surface area contributed by atoms with Gasteiger partial charge in [-0.25, -0.2) is 0 Å². The molecule has 1 atom stereocenters. The van der Waals surface area contributed by atoms with Gasteiger partial charge in [-0.05, 0) is 18.9 Å². The number of hydrogen-bond acceptors (Lipinski definition) is 6. The first-order valence-electron chi connectivity index (χ1n) is 8.14. The van der Waals surface area contributed by atoms with Crippen LogP contribution in [0, 0.1) is 22.7 Å². The summed E-state index contributed by atoms with van der Waals surface area (Å²) in [4.78, 5) is 35.4. The predicted molar refractivity (Wildman–Crippen MR) is 92.5 cm³/mol. The van der Waals surface area contributed by atoms with Gasteiger partial charge in [0, 0.05) is 17.7 Å². The third-order valence-electron chi connectivity index (χ3n) is 3.63. The molecule has 0 fully saturated rings. The van der Waals surface area contributed by atoms with Crippen molar-refractivity contribution in [2.24, 2.45) is 5.92 Å². The van der Waals surface area contributed by atoms with Crippen LogP contribution in [-0.4, -0.2) is 29.9 Å². The highest BCUT2D eigenvalue weighted by Crippen LogP contribution is 2.10. The average molecular weight is 342 g/mol. The molecule has 0 aromatic heterocycles. The summed E-state index contributed by atoms with van der Waals surface area (Å²) in [6.07, 6.45) is 1.84. The van der Waals surface area contributed by atoms with Crippen LogP contribution in [0.4, 0.5) is 0 Å². The summed E-state index contributed by atoms with van der Waals surface area (Å²) in [5.74, 6) is -2.68. The van der Waals surface area contributed by atoms with E-state index in [1.165, 1.54) is 6.92 Å². The van der Waals surface area contributed by atoms with Gasteiger partial charge in [0.1, 0.15) is 5.92 Å². The molecule has 0 aliphatic carbocycles. The van der Waals surface area contributed by atoms with E-state index in [1.807, 2.05) is 12.1 Å². The van der Waals surface area contributed by atoms with Gasteiger partial charge in [-0.2, -0.15) is 5.26 Å². The van der Waals surface area contributed by atoms with Crippen molar-refractivity contribution in [1.29, 1.82) is 10.7 Å². The van der Waals surface area contributed by atoms with Crippen LogP contribution in [0.2, 0.25) is 0 Å². The Kier molecular flexibility index (Phi) is 8.21. The van der Waals surface area contributed by atoms with Crippen molar-refractivity contribution in [3.8, 4) is 6.07 Å². The summed E-state index contributed by atoms with van der Waals surface area (Å²) in [5.41, 5.74) is 1.60. The highest BCUT2D eigenvalue weighted by Gasteiger charge is 2.21. The van der Waals surface area contributed by atoms with Gasteiger partial charge in [-0.3, -0.25) is 14.4 Å². The van der Waals surface area contributed by atoms with E-state index in [4.69, 9.17) is 15.4 Å². The molecule has 1 aromatic carbocycles. The number of carbonyl (C=O) groups is 3. The minimum atomic E-state index is -1.20. The minimum Gasteiger partial charge on any atom is -0.458 e. The number of nitrogens with zero attached hydrogens (tertiary/aromatic N) is 1. The summed E-state index contributed by atoms with van der Waals surface area (Å²) in [5, 5.41) is 16.1. The standard InChI is InChI=1S/C19H22N2O4/c1-3-4-14-5-7-15(8-6-14)17(22)9-10-19(24)25-12-18(23)16(11-20)13(2)21/h5-8,16,21H,3-4,9-10,12H2,1-2H3/t16-/m0/s1. The third-order valence-corrected chi connectivity index (χ3v) is 3.63. The fraction of sp³-hybridized carbons (Fsp3) is 0.421. The Balaban J connectivity index is 2.43. The highest BCUT2D eigenvalue weighted by molar-refractivity contribution is 6.06. The molecule has 25 heavy (non-hydrogen) atoms. The lowest BCUT2D eigenvalue weighted by Crippen LogP contribution is -2.25. The number of hydrogen-bond donors (Lipinski definition) is 1. The maximum Gasteiger partial charge on any atom is 0.306 e. The Labute approximate surface area is 147 Å². The van der Waals surface area contributed by atoms with Gasteiger partial charge in [0.2, 0.25) is 0 Å². The first-order valence-corrected chi connectivity index (χ1v) is 8.14. The van der Waals surface area contributed by atoms with Crippen LogP contribution in [0.1, 0.15) is 49.0 Å². The van der Waals surface area contributed by atoms with Crippen LogP contribution in [0.15, 0.2) is 24.3 Å². The normalized spacial score (nSPS) is 11.2. The molecule has 0 saturated heterocycles. The maximum absolute atomic E-state index is 12.1. The number of benzene rings is 1.